The SMILES string of the molecule is CC(C)(C)OC=O.CC(c1ccccc1)N1CCNCC1. The molecule has 1 saturated heterocycles. The van der Waals surface area contributed by atoms with Crippen LogP contribution in [0.3, 0.4) is 0 Å². The highest BCUT2D eigenvalue weighted by molar-refractivity contribution is 5.37. The maximum Gasteiger partial charge on any atom is 0.293 e. The first-order chi connectivity index (χ1) is 9.94. The van der Waals surface area contributed by atoms with Gasteiger partial charge in [0.05, 0.1) is 0 Å². The zero-order chi connectivity index (χ0) is 15.7. The fraction of sp³-hybridized carbons (Fsp3) is 0.588. The first-order valence-corrected chi connectivity index (χ1v) is 7.55. The van der Waals surface area contributed by atoms with E-state index in [1.807, 2.05) is 20.8 Å². The van der Waals surface area contributed by atoms with Crippen molar-refractivity contribution in [1.29, 1.82) is 0 Å². The molecule has 4 heteroatoms. The summed E-state index contributed by atoms with van der Waals surface area (Å²) >= 11 is 0. The number of hydrogen-bond donors (Lipinski definition) is 1. The largest absolute Gasteiger partial charge is 0.462 e. The fourth-order valence-corrected chi connectivity index (χ4v) is 2.16. The van der Waals surface area contributed by atoms with Gasteiger partial charge in [-0.1, -0.05) is 30.3 Å². The van der Waals surface area contributed by atoms with E-state index >= 15 is 0 Å². The molecule has 1 atom stereocenters. The maximum atomic E-state index is 9.60. The minimum atomic E-state index is -0.318. The minimum absolute atomic E-state index is 0.318. The van der Waals surface area contributed by atoms with Crippen LogP contribution in [0.15, 0.2) is 30.3 Å². The Kier molecular flexibility index (Phi) is 7.40. The van der Waals surface area contributed by atoms with Gasteiger partial charge >= 0.3 is 0 Å². The highest BCUT2D eigenvalue weighted by Gasteiger charge is 2.16. The Morgan fingerprint density at radius 1 is 1.19 bits per heavy atom. The van der Waals surface area contributed by atoms with Crippen molar-refractivity contribution in [3.05, 3.63) is 35.9 Å². The number of benzene rings is 1. The zero-order valence-electron chi connectivity index (χ0n) is 13.6. The zero-order valence-corrected chi connectivity index (χ0v) is 13.6. The van der Waals surface area contributed by atoms with Crippen LogP contribution >= 0.6 is 0 Å². The highest BCUT2D eigenvalue weighted by Crippen LogP contribution is 2.19. The molecule has 0 bridgehead atoms. The summed E-state index contributed by atoms with van der Waals surface area (Å²) in [6.45, 7) is 12.8. The Balaban J connectivity index is 0.000000270. The summed E-state index contributed by atoms with van der Waals surface area (Å²) in [7, 11) is 0. The van der Waals surface area contributed by atoms with Crippen LogP contribution in [0.2, 0.25) is 0 Å². The van der Waals surface area contributed by atoms with Crippen LogP contribution in [-0.2, 0) is 9.53 Å². The molecule has 1 aliphatic heterocycles. The van der Waals surface area contributed by atoms with Gasteiger partial charge < -0.3 is 10.1 Å². The molecule has 1 aromatic rings. The molecule has 118 valence electrons. The molecule has 1 fully saturated rings. The molecule has 0 aliphatic carbocycles. The van der Waals surface area contributed by atoms with Crippen molar-refractivity contribution in [2.75, 3.05) is 26.2 Å². The second-order valence-corrected chi connectivity index (χ2v) is 6.20. The normalized spacial score (nSPS) is 17.3. The molecule has 1 aliphatic rings. The van der Waals surface area contributed by atoms with Crippen LogP contribution in [0.4, 0.5) is 0 Å². The molecule has 0 aromatic heterocycles. The Bertz CT molecular complexity index is 395. The third-order valence-electron chi connectivity index (χ3n) is 3.38. The predicted octanol–water partition coefficient (Wildman–Crippen LogP) is 2.61. The third kappa shape index (κ3) is 7.25. The molecule has 1 heterocycles. The third-order valence-corrected chi connectivity index (χ3v) is 3.38. The summed E-state index contributed by atoms with van der Waals surface area (Å²) in [6, 6.07) is 11.3. The van der Waals surface area contributed by atoms with Gasteiger partial charge in [0.25, 0.3) is 6.47 Å². The smallest absolute Gasteiger partial charge is 0.293 e. The first kappa shape index (κ1) is 17.7. The van der Waals surface area contributed by atoms with Crippen molar-refractivity contribution >= 4 is 6.47 Å². The van der Waals surface area contributed by atoms with Gasteiger partial charge in [-0.2, -0.15) is 0 Å². The van der Waals surface area contributed by atoms with Gasteiger partial charge in [-0.25, -0.2) is 0 Å². The van der Waals surface area contributed by atoms with Crippen molar-refractivity contribution in [2.24, 2.45) is 0 Å². The van der Waals surface area contributed by atoms with Crippen molar-refractivity contribution in [3.63, 3.8) is 0 Å². The number of hydrogen-bond acceptors (Lipinski definition) is 4. The molecule has 2 rings (SSSR count). The topological polar surface area (TPSA) is 41.6 Å². The molecule has 0 amide bonds. The second-order valence-electron chi connectivity index (χ2n) is 6.20. The molecule has 21 heavy (non-hydrogen) atoms. The van der Waals surface area contributed by atoms with Crippen LogP contribution in [-0.4, -0.2) is 43.2 Å². The monoisotopic (exact) mass is 292 g/mol. The molecular formula is C17H28N2O2. The summed E-state index contributed by atoms with van der Waals surface area (Å²) in [5.74, 6) is 0. The molecular weight excluding hydrogens is 264 g/mol. The number of rotatable bonds is 3. The van der Waals surface area contributed by atoms with Gasteiger partial charge in [-0.15, -0.1) is 0 Å². The van der Waals surface area contributed by atoms with Gasteiger partial charge in [-0.3, -0.25) is 9.69 Å². The van der Waals surface area contributed by atoms with E-state index < -0.39 is 0 Å². The van der Waals surface area contributed by atoms with Crippen LogP contribution in [0.25, 0.3) is 0 Å². The molecule has 4 nitrogen and oxygen atoms in total. The number of ether oxygens (including phenoxy) is 1. The van der Waals surface area contributed by atoms with E-state index in [1.54, 1.807) is 0 Å². The average molecular weight is 292 g/mol. The van der Waals surface area contributed by atoms with Crippen molar-refractivity contribution in [2.45, 2.75) is 39.3 Å². The van der Waals surface area contributed by atoms with Crippen LogP contribution in [0, 0.1) is 0 Å². The predicted molar refractivity (Wildman–Crippen MR) is 86.2 cm³/mol. The Hall–Kier alpha value is -1.39. The van der Waals surface area contributed by atoms with E-state index in [0.717, 1.165) is 26.2 Å². The van der Waals surface area contributed by atoms with Gasteiger partial charge in [0.1, 0.15) is 5.60 Å². The summed E-state index contributed by atoms with van der Waals surface area (Å²) in [4.78, 5) is 12.1. The van der Waals surface area contributed by atoms with E-state index in [2.05, 4.69) is 52.2 Å². The van der Waals surface area contributed by atoms with Crippen molar-refractivity contribution in [1.82, 2.24) is 10.2 Å². The van der Waals surface area contributed by atoms with E-state index in [4.69, 9.17) is 0 Å². The number of nitrogens with one attached hydrogen (secondary N) is 1. The summed E-state index contributed by atoms with van der Waals surface area (Å²) < 4.78 is 4.55. The molecule has 1 N–H and O–H groups in total. The highest BCUT2D eigenvalue weighted by atomic mass is 16.5. The van der Waals surface area contributed by atoms with Gasteiger partial charge in [-0.05, 0) is 33.3 Å². The lowest BCUT2D eigenvalue weighted by molar-refractivity contribution is -0.138. The van der Waals surface area contributed by atoms with Crippen LogP contribution < -0.4 is 5.32 Å². The lowest BCUT2D eigenvalue weighted by atomic mass is 10.1. The van der Waals surface area contributed by atoms with Gasteiger partial charge in [0, 0.05) is 32.2 Å². The Morgan fingerprint density at radius 3 is 2.19 bits per heavy atom. The van der Waals surface area contributed by atoms with E-state index in [0.29, 0.717) is 12.5 Å². The molecule has 0 radical (unpaired) electrons. The van der Waals surface area contributed by atoms with Crippen LogP contribution in [0.5, 0.6) is 0 Å². The second kappa shape index (κ2) is 8.80. The molecule has 0 saturated carbocycles. The molecule has 0 spiro atoms. The quantitative estimate of drug-likeness (QED) is 0.870. The molecule has 1 unspecified atom stereocenters. The summed E-state index contributed by atoms with van der Waals surface area (Å²) in [6.07, 6.45) is 0. The van der Waals surface area contributed by atoms with E-state index in [1.165, 1.54) is 5.56 Å². The van der Waals surface area contributed by atoms with Crippen molar-refractivity contribution in [3.8, 4) is 0 Å². The Labute approximate surface area is 128 Å². The fourth-order valence-electron chi connectivity index (χ4n) is 2.16. The number of piperazine rings is 1. The maximum absolute atomic E-state index is 9.60. The number of nitrogens with zero attached hydrogens (tertiary/aromatic N) is 1. The standard InChI is InChI=1S/C12H18N2.C5H10O2/c1-11(12-5-3-2-4-6-12)14-9-7-13-8-10-14;1-5(2,3)7-4-6/h2-6,11,13H,7-10H2,1H3;4H,1-3H3. The van der Waals surface area contributed by atoms with Crippen molar-refractivity contribution < 1.29 is 9.53 Å². The Morgan fingerprint density at radius 2 is 1.76 bits per heavy atom. The van der Waals surface area contributed by atoms with Gasteiger partial charge in [0.2, 0.25) is 0 Å². The summed E-state index contributed by atoms with van der Waals surface area (Å²) in [5.41, 5.74) is 1.11. The van der Waals surface area contributed by atoms with Crippen LogP contribution in [0.1, 0.15) is 39.3 Å². The average Bonchev–Trinajstić information content (AvgIpc) is 2.48. The number of carbonyl (C=O) groups is 1. The molecule has 1 aromatic carbocycles. The first-order valence-electron chi connectivity index (χ1n) is 7.55. The number of carbonyl (C=O) groups excluding carboxylic acids is 1. The lowest BCUT2D eigenvalue weighted by Crippen LogP contribution is -2.44. The summed E-state index contributed by atoms with van der Waals surface area (Å²) in [5, 5.41) is 3.38. The lowest BCUT2D eigenvalue weighted by Gasteiger charge is -2.33. The van der Waals surface area contributed by atoms with Gasteiger partial charge in [0.15, 0.2) is 0 Å². The van der Waals surface area contributed by atoms with E-state index in [-0.39, 0.29) is 5.60 Å². The van der Waals surface area contributed by atoms with E-state index in [9.17, 15) is 4.79 Å². The minimum Gasteiger partial charge on any atom is -0.462 e.